The largest absolute Gasteiger partial charge is 0.502 e. The van der Waals surface area contributed by atoms with Crippen LogP contribution >= 0.6 is 0 Å². The lowest BCUT2D eigenvalue weighted by Gasteiger charge is -1.93. The normalized spacial score (nSPS) is 13.0. The quantitative estimate of drug-likeness (QED) is 0.475. The first kappa shape index (κ1) is 8.82. The van der Waals surface area contributed by atoms with Gasteiger partial charge in [0.15, 0.2) is 0 Å². The predicted octanol–water partition coefficient (Wildman–Crippen LogP) is 1.57. The van der Waals surface area contributed by atoms with Crippen LogP contribution in [0.1, 0.15) is 6.92 Å². The molecule has 0 atom stereocenters. The summed E-state index contributed by atoms with van der Waals surface area (Å²) in [6.45, 7) is 5.50. The van der Waals surface area contributed by atoms with Crippen LogP contribution in [0.15, 0.2) is 36.3 Å². The molecule has 0 saturated heterocycles. The fraction of sp³-hybridized carbons (Fsp3) is 0.250. The Morgan fingerprint density at radius 3 is 2.60 bits per heavy atom. The van der Waals surface area contributed by atoms with Gasteiger partial charge in [-0.1, -0.05) is 12.7 Å². The van der Waals surface area contributed by atoms with Crippen molar-refractivity contribution in [3.05, 3.63) is 36.3 Å². The van der Waals surface area contributed by atoms with Crippen LogP contribution in [-0.2, 0) is 4.74 Å². The molecule has 2 heteroatoms. The van der Waals surface area contributed by atoms with Crippen molar-refractivity contribution < 1.29 is 4.74 Å². The summed E-state index contributed by atoms with van der Waals surface area (Å²) in [4.78, 5) is 0. The first-order valence-corrected chi connectivity index (χ1v) is 3.00. The van der Waals surface area contributed by atoms with E-state index in [1.165, 1.54) is 6.26 Å². The number of nitrogens with two attached hydrogens (primary N) is 1. The Bertz CT molecular complexity index is 168. The van der Waals surface area contributed by atoms with E-state index < -0.39 is 0 Å². The van der Waals surface area contributed by atoms with Crippen molar-refractivity contribution in [3.8, 4) is 0 Å². The molecule has 0 spiro atoms. The van der Waals surface area contributed by atoms with Crippen molar-refractivity contribution in [2.45, 2.75) is 6.92 Å². The fourth-order valence-electron chi connectivity index (χ4n) is 0.492. The maximum absolute atomic E-state index is 5.47. The lowest BCUT2D eigenvalue weighted by atomic mass is 10.2. The van der Waals surface area contributed by atoms with Crippen molar-refractivity contribution in [1.82, 2.24) is 0 Å². The Morgan fingerprint density at radius 2 is 2.20 bits per heavy atom. The van der Waals surface area contributed by atoms with Gasteiger partial charge in [-0.05, 0) is 18.6 Å². The number of methoxy groups -OCH3 is 1. The Kier molecular flexibility index (Phi) is 4.12. The van der Waals surface area contributed by atoms with Gasteiger partial charge < -0.3 is 10.5 Å². The molecule has 0 radical (unpaired) electrons. The molecule has 0 heterocycles. The first-order chi connectivity index (χ1) is 4.70. The SMILES string of the molecule is C=C/C(C)=C\C(N)=C\OC. The van der Waals surface area contributed by atoms with Gasteiger partial charge in [0.2, 0.25) is 0 Å². The lowest BCUT2D eigenvalue weighted by molar-refractivity contribution is 0.334. The standard InChI is InChI=1S/C8H13NO/c1-4-7(2)5-8(9)6-10-3/h4-6H,1,9H2,2-3H3/b7-5-,8-6-. The summed E-state index contributed by atoms with van der Waals surface area (Å²) in [6, 6.07) is 0. The van der Waals surface area contributed by atoms with E-state index in [9.17, 15) is 0 Å². The minimum absolute atomic E-state index is 0.597. The van der Waals surface area contributed by atoms with Crippen LogP contribution in [0.2, 0.25) is 0 Å². The van der Waals surface area contributed by atoms with Gasteiger partial charge in [0.1, 0.15) is 6.26 Å². The molecule has 0 amide bonds. The number of rotatable bonds is 3. The molecule has 56 valence electrons. The number of hydrogen-bond acceptors (Lipinski definition) is 2. The average Bonchev–Trinajstić information content (AvgIpc) is 1.88. The average molecular weight is 139 g/mol. The summed E-state index contributed by atoms with van der Waals surface area (Å²) in [5, 5.41) is 0. The fourth-order valence-corrected chi connectivity index (χ4v) is 0.492. The van der Waals surface area contributed by atoms with Gasteiger partial charge in [-0.3, -0.25) is 0 Å². The van der Waals surface area contributed by atoms with Crippen LogP contribution < -0.4 is 5.73 Å². The smallest absolute Gasteiger partial charge is 0.105 e. The van der Waals surface area contributed by atoms with Gasteiger partial charge in [0.25, 0.3) is 0 Å². The van der Waals surface area contributed by atoms with Crippen molar-refractivity contribution in [1.29, 1.82) is 0 Å². The van der Waals surface area contributed by atoms with E-state index in [4.69, 9.17) is 5.73 Å². The highest BCUT2D eigenvalue weighted by atomic mass is 16.5. The minimum atomic E-state index is 0.597. The highest BCUT2D eigenvalue weighted by Gasteiger charge is 1.83. The van der Waals surface area contributed by atoms with E-state index in [0.717, 1.165) is 5.57 Å². The summed E-state index contributed by atoms with van der Waals surface area (Å²) in [7, 11) is 1.56. The topological polar surface area (TPSA) is 35.2 Å². The second kappa shape index (κ2) is 4.68. The lowest BCUT2D eigenvalue weighted by Crippen LogP contribution is -1.93. The van der Waals surface area contributed by atoms with Gasteiger partial charge in [-0.15, -0.1) is 0 Å². The predicted molar refractivity (Wildman–Crippen MR) is 43.2 cm³/mol. The van der Waals surface area contributed by atoms with Crippen molar-refractivity contribution in [2.75, 3.05) is 7.11 Å². The highest BCUT2D eigenvalue weighted by Crippen LogP contribution is 1.96. The Balaban J connectivity index is 4.11. The number of ether oxygens (including phenoxy) is 1. The minimum Gasteiger partial charge on any atom is -0.502 e. The van der Waals surface area contributed by atoms with E-state index in [0.29, 0.717) is 5.70 Å². The van der Waals surface area contributed by atoms with E-state index in [2.05, 4.69) is 11.3 Å². The molecule has 0 aliphatic carbocycles. The van der Waals surface area contributed by atoms with E-state index in [1.807, 2.05) is 6.92 Å². The Hall–Kier alpha value is -1.18. The zero-order valence-electron chi connectivity index (χ0n) is 6.42. The summed E-state index contributed by atoms with van der Waals surface area (Å²) < 4.78 is 4.68. The van der Waals surface area contributed by atoms with E-state index in [1.54, 1.807) is 19.3 Å². The number of allylic oxidation sites excluding steroid dienone is 3. The molecule has 10 heavy (non-hydrogen) atoms. The van der Waals surface area contributed by atoms with Crippen LogP contribution in [-0.4, -0.2) is 7.11 Å². The molecule has 2 N–H and O–H groups in total. The third-order valence-electron chi connectivity index (χ3n) is 0.970. The Labute approximate surface area is 61.7 Å². The number of hydrogen-bond donors (Lipinski definition) is 1. The van der Waals surface area contributed by atoms with E-state index in [-0.39, 0.29) is 0 Å². The Morgan fingerprint density at radius 1 is 1.60 bits per heavy atom. The zero-order valence-corrected chi connectivity index (χ0v) is 6.42. The van der Waals surface area contributed by atoms with E-state index >= 15 is 0 Å². The highest BCUT2D eigenvalue weighted by molar-refractivity contribution is 5.24. The summed E-state index contributed by atoms with van der Waals surface area (Å²) in [5.41, 5.74) is 7.09. The molecule has 0 aromatic carbocycles. The molecular formula is C8H13NO. The van der Waals surface area contributed by atoms with Crippen LogP contribution in [0, 0.1) is 0 Å². The van der Waals surface area contributed by atoms with Gasteiger partial charge in [0.05, 0.1) is 12.8 Å². The molecule has 0 aliphatic heterocycles. The molecule has 0 saturated carbocycles. The molecule has 2 nitrogen and oxygen atoms in total. The van der Waals surface area contributed by atoms with Gasteiger partial charge in [-0.2, -0.15) is 0 Å². The zero-order chi connectivity index (χ0) is 7.98. The van der Waals surface area contributed by atoms with Crippen LogP contribution in [0.25, 0.3) is 0 Å². The third kappa shape index (κ3) is 3.78. The van der Waals surface area contributed by atoms with Crippen molar-refractivity contribution in [2.24, 2.45) is 5.73 Å². The molecule has 0 rings (SSSR count). The van der Waals surface area contributed by atoms with Crippen LogP contribution in [0.5, 0.6) is 0 Å². The maximum atomic E-state index is 5.47. The molecule has 0 aromatic rings. The molecular weight excluding hydrogens is 126 g/mol. The summed E-state index contributed by atoms with van der Waals surface area (Å²) >= 11 is 0. The monoisotopic (exact) mass is 139 g/mol. The molecule has 0 aromatic heterocycles. The van der Waals surface area contributed by atoms with Crippen LogP contribution in [0.4, 0.5) is 0 Å². The van der Waals surface area contributed by atoms with Crippen LogP contribution in [0.3, 0.4) is 0 Å². The van der Waals surface area contributed by atoms with Crippen molar-refractivity contribution in [3.63, 3.8) is 0 Å². The maximum Gasteiger partial charge on any atom is 0.105 e. The molecule has 0 unspecified atom stereocenters. The second-order valence-electron chi connectivity index (χ2n) is 1.95. The first-order valence-electron chi connectivity index (χ1n) is 3.00. The molecule has 0 bridgehead atoms. The molecule has 0 aliphatic rings. The third-order valence-corrected chi connectivity index (χ3v) is 0.970. The summed E-state index contributed by atoms with van der Waals surface area (Å²) in [6.07, 6.45) is 5.00. The van der Waals surface area contributed by atoms with Crippen molar-refractivity contribution >= 4 is 0 Å². The van der Waals surface area contributed by atoms with Gasteiger partial charge in [0, 0.05) is 0 Å². The second-order valence-corrected chi connectivity index (χ2v) is 1.95. The van der Waals surface area contributed by atoms with Gasteiger partial charge >= 0.3 is 0 Å². The molecule has 0 fully saturated rings. The van der Waals surface area contributed by atoms with Gasteiger partial charge in [-0.25, -0.2) is 0 Å². The summed E-state index contributed by atoms with van der Waals surface area (Å²) in [5.74, 6) is 0.